The van der Waals surface area contributed by atoms with Crippen LogP contribution in [-0.4, -0.2) is 62.3 Å². The van der Waals surface area contributed by atoms with Crippen LogP contribution in [-0.2, 0) is 9.13 Å². The van der Waals surface area contributed by atoms with E-state index < -0.39 is 20.7 Å². The number of anilines is 3. The Morgan fingerprint density at radius 3 is 2.11 bits per heavy atom. The summed E-state index contributed by atoms with van der Waals surface area (Å²) in [6.45, 7) is 1.33. The van der Waals surface area contributed by atoms with Gasteiger partial charge in [0.2, 0.25) is 5.52 Å². The number of hydrogen-bond acceptors (Lipinski definition) is 7. The van der Waals surface area contributed by atoms with Crippen LogP contribution in [0.15, 0.2) is 42.7 Å². The van der Waals surface area contributed by atoms with Gasteiger partial charge in [-0.1, -0.05) is 6.07 Å². The van der Waals surface area contributed by atoms with Crippen molar-refractivity contribution in [2.75, 3.05) is 42.3 Å². The van der Waals surface area contributed by atoms with Gasteiger partial charge >= 0.3 is 15.2 Å². The first-order valence-corrected chi connectivity index (χ1v) is 11.5. The fourth-order valence-electron chi connectivity index (χ4n) is 2.32. The molecule has 0 aromatic carbocycles. The van der Waals surface area contributed by atoms with E-state index in [0.29, 0.717) is 13.1 Å². The van der Waals surface area contributed by atoms with Crippen LogP contribution in [0.1, 0.15) is 0 Å². The van der Waals surface area contributed by atoms with E-state index in [2.05, 4.69) is 15.3 Å². The zero-order valence-electron chi connectivity index (χ0n) is 15.3. The van der Waals surface area contributed by atoms with Crippen LogP contribution in [0.3, 0.4) is 0 Å². The van der Waals surface area contributed by atoms with E-state index in [-0.39, 0.29) is 5.82 Å². The van der Waals surface area contributed by atoms with Gasteiger partial charge in [0.1, 0.15) is 11.6 Å². The Balaban J connectivity index is 1.99. The predicted octanol–water partition coefficient (Wildman–Crippen LogP) is 1.10. The Morgan fingerprint density at radius 1 is 0.964 bits per heavy atom. The summed E-state index contributed by atoms with van der Waals surface area (Å²) in [4.78, 5) is 48.7. The largest absolute Gasteiger partial charge is 0.372 e. The molecule has 0 saturated heterocycles. The zero-order chi connectivity index (χ0) is 20.9. The number of aromatic nitrogens is 2. The highest BCUT2D eigenvalue weighted by atomic mass is 31.2. The van der Waals surface area contributed by atoms with Gasteiger partial charge in [-0.25, -0.2) is 9.97 Å². The second-order valence-electron chi connectivity index (χ2n) is 6.13. The molecular weight excluding hydrogens is 408 g/mol. The van der Waals surface area contributed by atoms with Gasteiger partial charge in [-0.15, -0.1) is 0 Å². The molecule has 11 nitrogen and oxygen atoms in total. The Morgan fingerprint density at radius 2 is 1.61 bits per heavy atom. The van der Waals surface area contributed by atoms with E-state index in [0.717, 1.165) is 11.5 Å². The zero-order valence-corrected chi connectivity index (χ0v) is 17.1. The molecule has 0 bridgehead atoms. The molecule has 0 aliphatic rings. The van der Waals surface area contributed by atoms with Gasteiger partial charge in [0.05, 0.1) is 11.9 Å². The van der Waals surface area contributed by atoms with Crippen molar-refractivity contribution in [1.82, 2.24) is 9.97 Å². The van der Waals surface area contributed by atoms with Crippen molar-refractivity contribution in [1.29, 1.82) is 0 Å². The summed E-state index contributed by atoms with van der Waals surface area (Å²) in [6, 6.07) is 8.68. The predicted molar refractivity (Wildman–Crippen MR) is 107 cm³/mol. The van der Waals surface area contributed by atoms with Gasteiger partial charge < -0.3 is 34.7 Å². The molecule has 2 aromatic rings. The number of nitrogens with zero attached hydrogens (tertiary/aromatic N) is 4. The molecule has 2 heterocycles. The van der Waals surface area contributed by atoms with E-state index in [1.165, 1.54) is 12.3 Å². The molecule has 154 valence electrons. The lowest BCUT2D eigenvalue weighted by Crippen LogP contribution is -2.31. The molecule has 2 aromatic heterocycles. The molecule has 0 amide bonds. The molecule has 0 aliphatic heterocycles. The number of nitrogens with one attached hydrogen (secondary N) is 1. The smallest absolute Gasteiger partial charge is 0.360 e. The monoisotopic (exact) mass is 431 g/mol. The first kappa shape index (κ1) is 22.3. The molecule has 0 atom stereocenters. The minimum atomic E-state index is -5.08. The van der Waals surface area contributed by atoms with Gasteiger partial charge in [0, 0.05) is 33.4 Å². The number of pyridine rings is 2. The minimum absolute atomic E-state index is 0.0561. The average molecular weight is 431 g/mol. The molecule has 5 N–H and O–H groups in total. The van der Waals surface area contributed by atoms with Crippen LogP contribution in [0.25, 0.3) is 0 Å². The van der Waals surface area contributed by atoms with Crippen molar-refractivity contribution < 1.29 is 28.7 Å². The number of rotatable bonds is 9. The van der Waals surface area contributed by atoms with Gasteiger partial charge in [-0.3, -0.25) is 9.13 Å². The lowest BCUT2D eigenvalue weighted by atomic mass is 10.3. The lowest BCUT2D eigenvalue weighted by Gasteiger charge is -2.25. The molecule has 0 fully saturated rings. The second kappa shape index (κ2) is 9.00. The second-order valence-corrected chi connectivity index (χ2v) is 9.93. The normalized spacial score (nSPS) is 12.1. The summed E-state index contributed by atoms with van der Waals surface area (Å²) >= 11 is 0. The molecule has 0 saturated carbocycles. The third kappa shape index (κ3) is 6.27. The Hall–Kier alpha value is -2.00. The standard InChI is InChI=1S/C15H23N5O6P2/c1-19(9-10-20(2)14-5-3-4-8-16-14)12-6-7-13(17-11-12)18-15(27(21,22)23)28(24,25)26/h3-8,11,15H,9-10H2,1-2H3,(H,17,18)(H2,21,22,23)(H2,24,25,26). The van der Waals surface area contributed by atoms with Crippen LogP contribution in [0.4, 0.5) is 17.3 Å². The highest BCUT2D eigenvalue weighted by molar-refractivity contribution is 7.71. The van der Waals surface area contributed by atoms with Crippen LogP contribution >= 0.6 is 15.2 Å². The number of hydrogen-bond donors (Lipinski definition) is 5. The molecule has 0 spiro atoms. The number of likely N-dealkylation sites (N-methyl/N-ethyl adjacent to an activating group) is 2. The van der Waals surface area contributed by atoms with Crippen LogP contribution in [0.2, 0.25) is 0 Å². The van der Waals surface area contributed by atoms with Crippen molar-refractivity contribution >= 4 is 32.5 Å². The maximum Gasteiger partial charge on any atom is 0.360 e. The highest BCUT2D eigenvalue weighted by Gasteiger charge is 2.43. The van der Waals surface area contributed by atoms with Crippen molar-refractivity contribution in [2.24, 2.45) is 0 Å². The van der Waals surface area contributed by atoms with E-state index in [9.17, 15) is 9.13 Å². The summed E-state index contributed by atoms with van der Waals surface area (Å²) in [5, 5.41) is 2.12. The van der Waals surface area contributed by atoms with Crippen molar-refractivity contribution in [3.63, 3.8) is 0 Å². The van der Waals surface area contributed by atoms with Crippen LogP contribution < -0.4 is 15.1 Å². The Kier molecular flexibility index (Phi) is 7.16. The molecule has 2 rings (SSSR count). The SMILES string of the molecule is CN(CCN(C)c1ccccn1)c1ccc(NC(P(=O)(O)O)P(=O)(O)O)nc1. The van der Waals surface area contributed by atoms with Crippen molar-refractivity contribution in [2.45, 2.75) is 5.52 Å². The van der Waals surface area contributed by atoms with E-state index >= 15 is 0 Å². The summed E-state index contributed by atoms with van der Waals surface area (Å²) < 4.78 is 22.6. The lowest BCUT2D eigenvalue weighted by molar-refractivity contribution is 0.343. The van der Waals surface area contributed by atoms with E-state index in [1.54, 1.807) is 12.3 Å². The Bertz CT molecular complexity index is 835. The highest BCUT2D eigenvalue weighted by Crippen LogP contribution is 2.59. The minimum Gasteiger partial charge on any atom is -0.372 e. The van der Waals surface area contributed by atoms with Gasteiger partial charge in [0.15, 0.2) is 0 Å². The average Bonchev–Trinajstić information content (AvgIpc) is 2.63. The van der Waals surface area contributed by atoms with Crippen molar-refractivity contribution in [3.05, 3.63) is 42.7 Å². The quantitative estimate of drug-likeness (QED) is 0.362. The van der Waals surface area contributed by atoms with Crippen LogP contribution in [0.5, 0.6) is 0 Å². The maximum absolute atomic E-state index is 11.3. The summed E-state index contributed by atoms with van der Waals surface area (Å²) in [5.74, 6) is 0.786. The Labute approximate surface area is 162 Å². The molecule has 13 heteroatoms. The molecule has 0 unspecified atom stereocenters. The van der Waals surface area contributed by atoms with Gasteiger partial charge in [-0.2, -0.15) is 0 Å². The van der Waals surface area contributed by atoms with Gasteiger partial charge in [-0.05, 0) is 24.3 Å². The van der Waals surface area contributed by atoms with E-state index in [1.807, 2.05) is 42.1 Å². The van der Waals surface area contributed by atoms with E-state index in [4.69, 9.17) is 19.6 Å². The third-order valence-corrected chi connectivity index (χ3v) is 7.25. The molecule has 0 radical (unpaired) electrons. The topological polar surface area (TPSA) is 159 Å². The van der Waals surface area contributed by atoms with Crippen LogP contribution in [0, 0.1) is 0 Å². The van der Waals surface area contributed by atoms with Crippen molar-refractivity contribution in [3.8, 4) is 0 Å². The molecule has 28 heavy (non-hydrogen) atoms. The summed E-state index contributed by atoms with van der Waals surface area (Å²) in [7, 11) is -6.39. The third-order valence-electron chi connectivity index (χ3n) is 3.91. The summed E-state index contributed by atoms with van der Waals surface area (Å²) in [5.41, 5.74) is -1.62. The summed E-state index contributed by atoms with van der Waals surface area (Å²) in [6.07, 6.45) is 3.16. The first-order chi connectivity index (χ1) is 13.0. The maximum atomic E-state index is 11.3. The first-order valence-electron chi connectivity index (χ1n) is 8.15. The fourth-order valence-corrected chi connectivity index (χ4v) is 4.49. The molecule has 0 aliphatic carbocycles. The van der Waals surface area contributed by atoms with Gasteiger partial charge in [0.25, 0.3) is 0 Å². The molecular formula is C15H23N5O6P2. The fraction of sp³-hybridized carbons (Fsp3) is 0.333.